The lowest BCUT2D eigenvalue weighted by Crippen LogP contribution is -2.23. The molecule has 0 aliphatic carbocycles. The first-order chi connectivity index (χ1) is 12.4. The third kappa shape index (κ3) is 3.45. The SMILES string of the molecule is C[C@@H](Sc1nnc(-c2ccco2)n1C)C(=O)Nc1ccc(F)c(F)c1F. The van der Waals surface area contributed by atoms with E-state index >= 15 is 0 Å². The minimum atomic E-state index is -1.64. The summed E-state index contributed by atoms with van der Waals surface area (Å²) in [7, 11) is 1.71. The topological polar surface area (TPSA) is 73.0 Å². The fourth-order valence-electron chi connectivity index (χ4n) is 2.11. The predicted molar refractivity (Wildman–Crippen MR) is 89.0 cm³/mol. The van der Waals surface area contributed by atoms with Gasteiger partial charge in [0.2, 0.25) is 5.91 Å². The van der Waals surface area contributed by atoms with Gasteiger partial charge in [-0.2, -0.15) is 0 Å². The van der Waals surface area contributed by atoms with E-state index in [0.717, 1.165) is 23.9 Å². The van der Waals surface area contributed by atoms with Crippen LogP contribution in [0.25, 0.3) is 11.6 Å². The van der Waals surface area contributed by atoms with Crippen LogP contribution in [-0.4, -0.2) is 25.9 Å². The normalized spacial score (nSPS) is 12.2. The monoisotopic (exact) mass is 382 g/mol. The van der Waals surface area contributed by atoms with Crippen molar-refractivity contribution in [3.8, 4) is 11.6 Å². The summed E-state index contributed by atoms with van der Waals surface area (Å²) in [5.74, 6) is -4.01. The van der Waals surface area contributed by atoms with Crippen LogP contribution in [0.3, 0.4) is 0 Å². The fraction of sp³-hybridized carbons (Fsp3) is 0.188. The van der Waals surface area contributed by atoms with Gasteiger partial charge in [0.05, 0.1) is 17.2 Å². The van der Waals surface area contributed by atoms with E-state index < -0.39 is 34.3 Å². The molecular formula is C16H13F3N4O2S. The molecule has 1 aromatic carbocycles. The number of furan rings is 1. The zero-order valence-corrected chi connectivity index (χ0v) is 14.5. The lowest BCUT2D eigenvalue weighted by Gasteiger charge is -2.12. The Kier molecular flexibility index (Phi) is 5.03. The Balaban J connectivity index is 1.71. The minimum Gasteiger partial charge on any atom is -0.461 e. The smallest absolute Gasteiger partial charge is 0.237 e. The standard InChI is InChI=1S/C16H13F3N4O2S/c1-8(15(24)20-10-6-5-9(17)12(18)13(10)19)26-16-22-21-14(23(16)2)11-4-3-7-25-11/h3-8H,1-2H3,(H,20,24)/t8-/m1/s1. The molecule has 10 heteroatoms. The van der Waals surface area contributed by atoms with Crippen molar-refractivity contribution in [1.82, 2.24) is 14.8 Å². The van der Waals surface area contributed by atoms with Crippen molar-refractivity contribution in [3.63, 3.8) is 0 Å². The number of carbonyl (C=O) groups excluding carboxylic acids is 1. The summed E-state index contributed by atoms with van der Waals surface area (Å²) in [5, 5.41) is 9.97. The lowest BCUT2D eigenvalue weighted by atomic mass is 10.2. The molecule has 6 nitrogen and oxygen atoms in total. The van der Waals surface area contributed by atoms with Crippen LogP contribution < -0.4 is 5.32 Å². The second-order valence-corrected chi connectivity index (χ2v) is 6.62. The molecule has 1 atom stereocenters. The number of benzene rings is 1. The van der Waals surface area contributed by atoms with E-state index in [1.807, 2.05) is 0 Å². The van der Waals surface area contributed by atoms with E-state index in [0.29, 0.717) is 16.7 Å². The molecular weight excluding hydrogens is 369 g/mol. The summed E-state index contributed by atoms with van der Waals surface area (Å²) in [5.41, 5.74) is -0.435. The number of hydrogen-bond acceptors (Lipinski definition) is 5. The van der Waals surface area contributed by atoms with Gasteiger partial charge >= 0.3 is 0 Å². The molecule has 26 heavy (non-hydrogen) atoms. The molecule has 0 saturated heterocycles. The maximum atomic E-state index is 13.7. The van der Waals surface area contributed by atoms with Crippen LogP contribution >= 0.6 is 11.8 Å². The molecule has 1 amide bonds. The van der Waals surface area contributed by atoms with E-state index in [-0.39, 0.29) is 0 Å². The first kappa shape index (κ1) is 18.1. The van der Waals surface area contributed by atoms with E-state index in [1.165, 1.54) is 6.26 Å². The van der Waals surface area contributed by atoms with Crippen LogP contribution in [-0.2, 0) is 11.8 Å². The highest BCUT2D eigenvalue weighted by Gasteiger charge is 2.22. The number of nitrogens with one attached hydrogen (secondary N) is 1. The summed E-state index contributed by atoms with van der Waals surface area (Å²) >= 11 is 1.07. The largest absolute Gasteiger partial charge is 0.461 e. The van der Waals surface area contributed by atoms with Crippen LogP contribution in [0.15, 0.2) is 40.1 Å². The average Bonchev–Trinajstić information content (AvgIpc) is 3.26. The highest BCUT2D eigenvalue weighted by molar-refractivity contribution is 8.00. The van der Waals surface area contributed by atoms with Gasteiger partial charge in [-0.1, -0.05) is 11.8 Å². The van der Waals surface area contributed by atoms with Gasteiger partial charge in [-0.25, -0.2) is 13.2 Å². The van der Waals surface area contributed by atoms with Crippen molar-refractivity contribution < 1.29 is 22.4 Å². The molecule has 0 spiro atoms. The third-order valence-electron chi connectivity index (χ3n) is 3.52. The Bertz CT molecular complexity index is 943. The maximum Gasteiger partial charge on any atom is 0.237 e. The summed E-state index contributed by atoms with van der Waals surface area (Å²) < 4.78 is 46.8. The number of halogens is 3. The van der Waals surface area contributed by atoms with Gasteiger partial charge in [0.1, 0.15) is 0 Å². The van der Waals surface area contributed by atoms with Crippen LogP contribution in [0.4, 0.5) is 18.9 Å². The van der Waals surface area contributed by atoms with Crippen molar-refractivity contribution >= 4 is 23.4 Å². The summed E-state index contributed by atoms with van der Waals surface area (Å²) in [6, 6.07) is 5.13. The Hall–Kier alpha value is -2.75. The van der Waals surface area contributed by atoms with Crippen molar-refractivity contribution in [1.29, 1.82) is 0 Å². The first-order valence-corrected chi connectivity index (χ1v) is 8.30. The highest BCUT2D eigenvalue weighted by atomic mass is 32.2. The van der Waals surface area contributed by atoms with Crippen LogP contribution in [0.1, 0.15) is 6.92 Å². The van der Waals surface area contributed by atoms with Crippen LogP contribution in [0, 0.1) is 17.5 Å². The number of nitrogens with zero attached hydrogens (tertiary/aromatic N) is 3. The maximum absolute atomic E-state index is 13.7. The zero-order valence-electron chi connectivity index (χ0n) is 13.7. The zero-order chi connectivity index (χ0) is 18.8. The lowest BCUT2D eigenvalue weighted by molar-refractivity contribution is -0.115. The van der Waals surface area contributed by atoms with Crippen molar-refractivity contribution in [3.05, 3.63) is 48.0 Å². The van der Waals surface area contributed by atoms with Crippen molar-refractivity contribution in [2.75, 3.05) is 5.32 Å². The molecule has 0 aliphatic heterocycles. The van der Waals surface area contributed by atoms with Crippen molar-refractivity contribution in [2.45, 2.75) is 17.3 Å². The van der Waals surface area contributed by atoms with Gasteiger partial charge in [0.25, 0.3) is 0 Å². The summed E-state index contributed by atoms with van der Waals surface area (Å²) in [4.78, 5) is 12.2. The van der Waals surface area contributed by atoms with Gasteiger partial charge in [0, 0.05) is 7.05 Å². The Morgan fingerprint density at radius 3 is 2.69 bits per heavy atom. The molecule has 3 aromatic rings. The number of carbonyl (C=O) groups is 1. The first-order valence-electron chi connectivity index (χ1n) is 7.42. The molecule has 0 radical (unpaired) electrons. The van der Waals surface area contributed by atoms with Gasteiger partial charge < -0.3 is 14.3 Å². The number of thioether (sulfide) groups is 1. The molecule has 0 unspecified atom stereocenters. The van der Waals surface area contributed by atoms with Gasteiger partial charge in [-0.05, 0) is 31.2 Å². The molecule has 0 fully saturated rings. The number of rotatable bonds is 5. The van der Waals surface area contributed by atoms with E-state index in [4.69, 9.17) is 4.42 Å². The number of hydrogen-bond donors (Lipinski definition) is 1. The van der Waals surface area contributed by atoms with Gasteiger partial charge in [0.15, 0.2) is 34.2 Å². The van der Waals surface area contributed by atoms with Crippen LogP contribution in [0.5, 0.6) is 0 Å². The van der Waals surface area contributed by atoms with E-state index in [1.54, 1.807) is 30.7 Å². The minimum absolute atomic E-state index is 0.435. The summed E-state index contributed by atoms with van der Waals surface area (Å²) in [6.07, 6.45) is 1.50. The summed E-state index contributed by atoms with van der Waals surface area (Å²) in [6.45, 7) is 1.57. The molecule has 136 valence electrons. The number of aromatic nitrogens is 3. The van der Waals surface area contributed by atoms with Gasteiger partial charge in [-0.3, -0.25) is 4.79 Å². The molecule has 1 N–H and O–H groups in total. The Morgan fingerprint density at radius 2 is 2.00 bits per heavy atom. The van der Waals surface area contributed by atoms with Gasteiger partial charge in [-0.15, -0.1) is 10.2 Å². The molecule has 0 bridgehead atoms. The number of anilines is 1. The Morgan fingerprint density at radius 1 is 1.23 bits per heavy atom. The predicted octanol–water partition coefficient (Wildman–Crippen LogP) is 3.61. The molecule has 2 heterocycles. The van der Waals surface area contributed by atoms with Crippen LogP contribution in [0.2, 0.25) is 0 Å². The molecule has 0 saturated carbocycles. The van der Waals surface area contributed by atoms with E-state index in [9.17, 15) is 18.0 Å². The quantitative estimate of drug-likeness (QED) is 0.539. The fourth-order valence-corrected chi connectivity index (χ4v) is 2.92. The molecule has 0 aliphatic rings. The van der Waals surface area contributed by atoms with Crippen molar-refractivity contribution in [2.24, 2.45) is 7.05 Å². The third-order valence-corrected chi connectivity index (χ3v) is 4.65. The van der Waals surface area contributed by atoms with E-state index in [2.05, 4.69) is 15.5 Å². The average molecular weight is 382 g/mol. The highest BCUT2D eigenvalue weighted by Crippen LogP contribution is 2.27. The second-order valence-electron chi connectivity index (χ2n) is 5.31. The second kappa shape index (κ2) is 7.24. The molecule has 2 aromatic heterocycles. The number of amides is 1. The molecule has 3 rings (SSSR count). The Labute approximate surface area is 150 Å².